The Morgan fingerprint density at radius 3 is 2.71 bits per heavy atom. The SMILES string of the molecule is CCC(C#N)S(=O)(=O)Nc1c(C#N)cnn1C. The molecule has 1 rings (SSSR count). The van der Waals surface area contributed by atoms with Crippen LogP contribution in [-0.4, -0.2) is 23.4 Å². The second-order valence-electron chi connectivity index (χ2n) is 3.32. The van der Waals surface area contributed by atoms with Gasteiger partial charge in [-0.3, -0.25) is 9.40 Å². The maximum absolute atomic E-state index is 11.8. The molecule has 1 aromatic rings. The first-order valence-corrected chi connectivity index (χ1v) is 6.34. The van der Waals surface area contributed by atoms with Crippen LogP contribution >= 0.6 is 0 Å². The smallest absolute Gasteiger partial charge is 0.250 e. The third kappa shape index (κ3) is 2.55. The van der Waals surface area contributed by atoms with Gasteiger partial charge >= 0.3 is 0 Å². The molecule has 0 aliphatic heterocycles. The van der Waals surface area contributed by atoms with Crippen molar-refractivity contribution in [3.63, 3.8) is 0 Å². The molecule has 0 radical (unpaired) electrons. The van der Waals surface area contributed by atoms with Crippen LogP contribution < -0.4 is 4.72 Å². The number of aryl methyl sites for hydroxylation is 1. The lowest BCUT2D eigenvalue weighted by molar-refractivity contribution is 0.592. The molecule has 0 aromatic carbocycles. The summed E-state index contributed by atoms with van der Waals surface area (Å²) < 4.78 is 27.0. The van der Waals surface area contributed by atoms with Crippen LogP contribution in [-0.2, 0) is 17.1 Å². The quantitative estimate of drug-likeness (QED) is 0.831. The summed E-state index contributed by atoms with van der Waals surface area (Å²) in [4.78, 5) is 0. The average molecular weight is 253 g/mol. The monoisotopic (exact) mass is 253 g/mol. The number of sulfonamides is 1. The van der Waals surface area contributed by atoms with Gasteiger partial charge in [0.25, 0.3) is 0 Å². The second kappa shape index (κ2) is 4.85. The van der Waals surface area contributed by atoms with Gasteiger partial charge in [0.1, 0.15) is 11.6 Å². The third-order valence-corrected chi connectivity index (χ3v) is 3.85. The van der Waals surface area contributed by atoms with Crippen LogP contribution in [0.3, 0.4) is 0 Å². The molecular weight excluding hydrogens is 242 g/mol. The van der Waals surface area contributed by atoms with Crippen molar-refractivity contribution >= 4 is 15.8 Å². The summed E-state index contributed by atoms with van der Waals surface area (Å²) in [7, 11) is -2.32. The fraction of sp³-hybridized carbons (Fsp3) is 0.444. The van der Waals surface area contributed by atoms with Crippen LogP contribution in [0.4, 0.5) is 5.82 Å². The van der Waals surface area contributed by atoms with E-state index in [0.717, 1.165) is 0 Å². The normalized spacial score (nSPS) is 12.5. The lowest BCUT2D eigenvalue weighted by atomic mass is 10.4. The van der Waals surface area contributed by atoms with E-state index in [9.17, 15) is 8.42 Å². The zero-order valence-electron chi connectivity index (χ0n) is 9.38. The number of nitrogens with one attached hydrogen (secondary N) is 1. The van der Waals surface area contributed by atoms with E-state index in [4.69, 9.17) is 10.5 Å². The zero-order valence-corrected chi connectivity index (χ0v) is 10.2. The summed E-state index contributed by atoms with van der Waals surface area (Å²) in [5.41, 5.74) is 0.115. The van der Waals surface area contributed by atoms with Gasteiger partial charge in [0.15, 0.2) is 11.1 Å². The van der Waals surface area contributed by atoms with Crippen molar-refractivity contribution in [2.75, 3.05) is 4.72 Å². The molecule has 1 N–H and O–H groups in total. The van der Waals surface area contributed by atoms with Crippen LogP contribution in [0, 0.1) is 22.7 Å². The van der Waals surface area contributed by atoms with Crippen LogP contribution in [0.25, 0.3) is 0 Å². The Labute approximate surface area is 99.3 Å². The van der Waals surface area contributed by atoms with E-state index in [0.29, 0.717) is 0 Å². The molecule has 0 saturated carbocycles. The molecule has 1 unspecified atom stereocenters. The van der Waals surface area contributed by atoms with Gasteiger partial charge in [-0.2, -0.15) is 15.6 Å². The summed E-state index contributed by atoms with van der Waals surface area (Å²) in [6.45, 7) is 1.60. The van der Waals surface area contributed by atoms with Gasteiger partial charge in [0, 0.05) is 7.05 Å². The molecular formula is C9H11N5O2S. The maximum atomic E-state index is 11.8. The molecule has 17 heavy (non-hydrogen) atoms. The molecule has 7 nitrogen and oxygen atoms in total. The average Bonchev–Trinajstić information content (AvgIpc) is 2.61. The van der Waals surface area contributed by atoms with Gasteiger partial charge in [-0.15, -0.1) is 0 Å². The topological polar surface area (TPSA) is 112 Å². The molecule has 0 saturated heterocycles. The van der Waals surface area contributed by atoms with E-state index in [2.05, 4.69) is 9.82 Å². The largest absolute Gasteiger partial charge is 0.265 e. The molecule has 0 amide bonds. The Morgan fingerprint density at radius 2 is 2.24 bits per heavy atom. The van der Waals surface area contributed by atoms with Crippen molar-refractivity contribution in [1.82, 2.24) is 9.78 Å². The first-order valence-electron chi connectivity index (χ1n) is 4.79. The highest BCUT2D eigenvalue weighted by atomic mass is 32.2. The Bertz CT molecular complexity index is 590. The van der Waals surface area contributed by atoms with Gasteiger partial charge in [0.2, 0.25) is 10.0 Å². The lowest BCUT2D eigenvalue weighted by Crippen LogP contribution is -2.27. The van der Waals surface area contributed by atoms with Crippen molar-refractivity contribution in [3.05, 3.63) is 11.8 Å². The van der Waals surface area contributed by atoms with E-state index in [1.807, 2.05) is 6.07 Å². The van der Waals surface area contributed by atoms with Crippen LogP contribution in [0.1, 0.15) is 18.9 Å². The van der Waals surface area contributed by atoms with Crippen molar-refractivity contribution in [2.24, 2.45) is 7.05 Å². The minimum atomic E-state index is -3.82. The molecule has 1 atom stereocenters. The van der Waals surface area contributed by atoms with Gasteiger partial charge in [-0.1, -0.05) is 6.92 Å². The molecule has 0 bridgehead atoms. The first kappa shape index (κ1) is 13.0. The highest BCUT2D eigenvalue weighted by molar-refractivity contribution is 7.93. The molecule has 1 heterocycles. The van der Waals surface area contributed by atoms with E-state index in [1.54, 1.807) is 13.0 Å². The number of nitriles is 2. The van der Waals surface area contributed by atoms with Crippen molar-refractivity contribution in [2.45, 2.75) is 18.6 Å². The van der Waals surface area contributed by atoms with Crippen LogP contribution in [0.5, 0.6) is 0 Å². The summed E-state index contributed by atoms with van der Waals surface area (Å²) in [6.07, 6.45) is 1.43. The van der Waals surface area contributed by atoms with E-state index in [1.165, 1.54) is 17.9 Å². The zero-order chi connectivity index (χ0) is 13.1. The van der Waals surface area contributed by atoms with E-state index >= 15 is 0 Å². The standard InChI is InChI=1S/C9H11N5O2S/c1-3-8(5-11)17(15,16)13-9-7(4-10)6-12-14(9)2/h6,8,13H,3H2,1-2H3. The molecule has 90 valence electrons. The minimum Gasteiger partial charge on any atom is -0.265 e. The van der Waals surface area contributed by atoms with Crippen LogP contribution in [0.15, 0.2) is 6.20 Å². The van der Waals surface area contributed by atoms with Crippen LogP contribution in [0.2, 0.25) is 0 Å². The Morgan fingerprint density at radius 1 is 1.59 bits per heavy atom. The predicted octanol–water partition coefficient (Wildman–Crippen LogP) is 0.336. The molecule has 0 aliphatic rings. The van der Waals surface area contributed by atoms with E-state index in [-0.39, 0.29) is 17.8 Å². The fourth-order valence-electron chi connectivity index (χ4n) is 1.23. The van der Waals surface area contributed by atoms with Gasteiger partial charge < -0.3 is 0 Å². The fourth-order valence-corrected chi connectivity index (χ4v) is 2.46. The van der Waals surface area contributed by atoms with Gasteiger partial charge in [-0.25, -0.2) is 8.42 Å². The number of anilines is 1. The van der Waals surface area contributed by atoms with E-state index < -0.39 is 15.3 Å². The van der Waals surface area contributed by atoms with Crippen molar-refractivity contribution in [3.8, 4) is 12.1 Å². The van der Waals surface area contributed by atoms with Crippen molar-refractivity contribution in [1.29, 1.82) is 10.5 Å². The summed E-state index contributed by atoms with van der Waals surface area (Å²) in [6, 6.07) is 3.52. The summed E-state index contributed by atoms with van der Waals surface area (Å²) in [5.74, 6) is 0.0706. The van der Waals surface area contributed by atoms with Gasteiger partial charge in [0.05, 0.1) is 12.3 Å². The number of rotatable bonds is 4. The molecule has 0 aliphatic carbocycles. The Balaban J connectivity index is 3.12. The maximum Gasteiger partial charge on any atom is 0.250 e. The number of hydrogen-bond donors (Lipinski definition) is 1. The van der Waals surface area contributed by atoms with Gasteiger partial charge in [-0.05, 0) is 6.42 Å². The molecule has 1 aromatic heterocycles. The van der Waals surface area contributed by atoms with Crippen molar-refractivity contribution < 1.29 is 8.42 Å². The Kier molecular flexibility index (Phi) is 3.71. The molecule has 8 heteroatoms. The highest BCUT2D eigenvalue weighted by Crippen LogP contribution is 2.17. The number of nitrogens with zero attached hydrogens (tertiary/aromatic N) is 4. The number of hydrogen-bond acceptors (Lipinski definition) is 5. The second-order valence-corrected chi connectivity index (χ2v) is 5.18. The number of aromatic nitrogens is 2. The molecule has 0 spiro atoms. The minimum absolute atomic E-state index is 0.0706. The predicted molar refractivity (Wildman–Crippen MR) is 60.2 cm³/mol. The summed E-state index contributed by atoms with van der Waals surface area (Å²) in [5, 5.41) is 20.1. The first-order chi connectivity index (χ1) is 7.96. The lowest BCUT2D eigenvalue weighted by Gasteiger charge is -2.11. The highest BCUT2D eigenvalue weighted by Gasteiger charge is 2.25. The Hall–Kier alpha value is -2.06. The summed E-state index contributed by atoms with van der Waals surface area (Å²) >= 11 is 0. The third-order valence-electron chi connectivity index (χ3n) is 2.19. The molecule has 0 fully saturated rings.